The van der Waals surface area contributed by atoms with Crippen LogP contribution in [0, 0.1) is 0 Å². The average Bonchev–Trinajstić information content (AvgIpc) is 3.10. The molecule has 4 rings (SSSR count). The molecule has 6 heteroatoms. The lowest BCUT2D eigenvalue weighted by Gasteiger charge is -2.30. The van der Waals surface area contributed by atoms with Crippen molar-refractivity contribution in [2.24, 2.45) is 0 Å². The second-order valence-corrected chi connectivity index (χ2v) is 6.84. The van der Waals surface area contributed by atoms with Crippen LogP contribution in [-0.4, -0.2) is 37.7 Å². The van der Waals surface area contributed by atoms with Crippen LogP contribution in [0.25, 0.3) is 0 Å². The van der Waals surface area contributed by atoms with E-state index in [0.717, 1.165) is 37.7 Å². The van der Waals surface area contributed by atoms with E-state index in [4.69, 9.17) is 5.10 Å². The fraction of sp³-hybridized carbons (Fsp3) is 0.350. The van der Waals surface area contributed by atoms with Crippen LogP contribution < -0.4 is 5.32 Å². The van der Waals surface area contributed by atoms with Crippen molar-refractivity contribution in [3.63, 3.8) is 0 Å². The van der Waals surface area contributed by atoms with Gasteiger partial charge in [0.05, 0.1) is 30.7 Å². The molecule has 1 N–H and O–H groups in total. The maximum absolute atomic E-state index is 4.72. The average molecular weight is 348 g/mol. The van der Waals surface area contributed by atoms with Crippen molar-refractivity contribution in [2.75, 3.05) is 18.4 Å². The largest absolute Gasteiger partial charge is 0.363 e. The van der Waals surface area contributed by atoms with Crippen LogP contribution in [0.5, 0.6) is 0 Å². The van der Waals surface area contributed by atoms with Gasteiger partial charge in [0.2, 0.25) is 0 Å². The van der Waals surface area contributed by atoms with Crippen molar-refractivity contribution in [3.8, 4) is 0 Å². The van der Waals surface area contributed by atoms with E-state index >= 15 is 0 Å². The van der Waals surface area contributed by atoms with Gasteiger partial charge in [-0.1, -0.05) is 37.3 Å². The van der Waals surface area contributed by atoms with E-state index in [0.29, 0.717) is 12.5 Å². The number of nitrogens with one attached hydrogen (secondary N) is 1. The predicted octanol–water partition coefficient (Wildman–Crippen LogP) is 2.90. The van der Waals surface area contributed by atoms with Crippen LogP contribution >= 0.6 is 0 Å². The molecular weight excluding hydrogens is 324 g/mol. The molecule has 2 aromatic heterocycles. The summed E-state index contributed by atoms with van der Waals surface area (Å²) in [6.07, 6.45) is 5.08. The van der Waals surface area contributed by atoms with Crippen molar-refractivity contribution in [1.82, 2.24) is 24.6 Å². The quantitative estimate of drug-likeness (QED) is 0.742. The Kier molecular flexibility index (Phi) is 4.93. The third-order valence-electron chi connectivity index (χ3n) is 4.84. The van der Waals surface area contributed by atoms with Crippen LogP contribution in [0.4, 0.5) is 5.82 Å². The maximum atomic E-state index is 4.72. The van der Waals surface area contributed by atoms with Crippen LogP contribution in [0.2, 0.25) is 0 Å². The monoisotopic (exact) mass is 348 g/mol. The molecule has 0 bridgehead atoms. The lowest BCUT2D eigenvalue weighted by molar-refractivity contribution is 0.204. The van der Waals surface area contributed by atoms with Gasteiger partial charge in [0, 0.05) is 32.0 Å². The summed E-state index contributed by atoms with van der Waals surface area (Å²) >= 11 is 0. The molecule has 1 atom stereocenters. The summed E-state index contributed by atoms with van der Waals surface area (Å²) in [4.78, 5) is 10.8. The predicted molar refractivity (Wildman–Crippen MR) is 102 cm³/mol. The van der Waals surface area contributed by atoms with E-state index in [-0.39, 0.29) is 0 Å². The smallest absolute Gasteiger partial charge is 0.144 e. The first-order valence-electron chi connectivity index (χ1n) is 9.11. The molecule has 0 amide bonds. The van der Waals surface area contributed by atoms with Crippen LogP contribution in [-0.2, 0) is 19.6 Å². The number of nitrogens with zero attached hydrogens (tertiary/aromatic N) is 5. The highest BCUT2D eigenvalue weighted by Crippen LogP contribution is 2.20. The third-order valence-corrected chi connectivity index (χ3v) is 4.84. The van der Waals surface area contributed by atoms with Crippen LogP contribution in [0.1, 0.15) is 29.8 Å². The van der Waals surface area contributed by atoms with Gasteiger partial charge >= 0.3 is 0 Å². The molecule has 0 saturated heterocycles. The number of benzene rings is 1. The fourth-order valence-electron chi connectivity index (χ4n) is 3.47. The molecule has 134 valence electrons. The number of fused-ring (bicyclic) bond motifs is 1. The normalized spacial score (nSPS) is 15.4. The summed E-state index contributed by atoms with van der Waals surface area (Å²) in [5.41, 5.74) is 3.73. The van der Waals surface area contributed by atoms with Gasteiger partial charge in [-0.2, -0.15) is 5.10 Å². The van der Waals surface area contributed by atoms with Gasteiger partial charge < -0.3 is 5.32 Å². The minimum atomic E-state index is 0.531. The highest BCUT2D eigenvalue weighted by Gasteiger charge is 2.20. The lowest BCUT2D eigenvalue weighted by atomic mass is 10.0. The summed E-state index contributed by atoms with van der Waals surface area (Å²) in [7, 11) is 0. The zero-order valence-electron chi connectivity index (χ0n) is 15.0. The van der Waals surface area contributed by atoms with E-state index in [1.807, 2.05) is 0 Å². The van der Waals surface area contributed by atoms with Crippen molar-refractivity contribution in [2.45, 2.75) is 32.5 Å². The number of anilines is 1. The topological polar surface area (TPSA) is 58.9 Å². The van der Waals surface area contributed by atoms with Gasteiger partial charge in [0.25, 0.3) is 0 Å². The van der Waals surface area contributed by atoms with Gasteiger partial charge in [-0.15, -0.1) is 0 Å². The Balaban J connectivity index is 1.36. The standard InChI is InChI=1S/C20H24N6/c1-16(17-5-3-2-4-6-17)14-25-9-10-26-19(15-25)11-18(24-26)12-23-20-13-21-7-8-22-20/h2-8,11,13,16H,9-10,12,14-15H2,1H3,(H,22,23). The van der Waals surface area contributed by atoms with Crippen LogP contribution in [0.15, 0.2) is 55.0 Å². The number of aromatic nitrogens is 4. The van der Waals surface area contributed by atoms with Gasteiger partial charge in [-0.25, -0.2) is 4.98 Å². The Morgan fingerprint density at radius 1 is 1.15 bits per heavy atom. The molecule has 0 radical (unpaired) electrons. The summed E-state index contributed by atoms with van der Waals surface area (Å²) in [6.45, 7) is 6.99. The Hall–Kier alpha value is -2.73. The second-order valence-electron chi connectivity index (χ2n) is 6.84. The number of hydrogen-bond donors (Lipinski definition) is 1. The fourth-order valence-corrected chi connectivity index (χ4v) is 3.47. The molecule has 0 fully saturated rings. The minimum absolute atomic E-state index is 0.531. The maximum Gasteiger partial charge on any atom is 0.144 e. The van der Waals surface area contributed by atoms with Gasteiger partial charge in [-0.3, -0.25) is 14.6 Å². The highest BCUT2D eigenvalue weighted by molar-refractivity contribution is 5.31. The molecule has 1 aromatic carbocycles. The van der Waals surface area contributed by atoms with E-state index in [9.17, 15) is 0 Å². The Bertz CT molecular complexity index is 830. The van der Waals surface area contributed by atoms with E-state index in [2.05, 4.69) is 68.2 Å². The van der Waals surface area contributed by atoms with Crippen molar-refractivity contribution >= 4 is 5.82 Å². The Morgan fingerprint density at radius 2 is 2.04 bits per heavy atom. The van der Waals surface area contributed by atoms with E-state index < -0.39 is 0 Å². The first kappa shape index (κ1) is 16.7. The summed E-state index contributed by atoms with van der Waals surface area (Å²) in [6, 6.07) is 12.9. The SMILES string of the molecule is CC(CN1CCn2nc(CNc3cnccn3)cc2C1)c1ccccc1. The molecule has 1 unspecified atom stereocenters. The van der Waals surface area contributed by atoms with Gasteiger partial charge in [0.15, 0.2) is 0 Å². The Morgan fingerprint density at radius 3 is 2.85 bits per heavy atom. The van der Waals surface area contributed by atoms with Gasteiger partial charge in [0.1, 0.15) is 5.82 Å². The van der Waals surface area contributed by atoms with Crippen molar-refractivity contribution < 1.29 is 0 Å². The molecule has 1 aliphatic rings. The third kappa shape index (κ3) is 3.91. The van der Waals surface area contributed by atoms with E-state index in [1.54, 1.807) is 18.6 Å². The highest BCUT2D eigenvalue weighted by atomic mass is 15.3. The zero-order chi connectivity index (χ0) is 17.8. The molecule has 0 spiro atoms. The second kappa shape index (κ2) is 7.66. The Labute approximate surface area is 153 Å². The molecular formula is C20H24N6. The lowest BCUT2D eigenvalue weighted by Crippen LogP contribution is -2.36. The molecule has 0 saturated carbocycles. The van der Waals surface area contributed by atoms with E-state index in [1.165, 1.54) is 11.3 Å². The molecule has 0 aliphatic carbocycles. The van der Waals surface area contributed by atoms with Crippen molar-refractivity contribution in [1.29, 1.82) is 0 Å². The number of hydrogen-bond acceptors (Lipinski definition) is 5. The zero-order valence-corrected chi connectivity index (χ0v) is 15.0. The summed E-state index contributed by atoms with van der Waals surface area (Å²) < 4.78 is 2.14. The minimum Gasteiger partial charge on any atom is -0.363 e. The summed E-state index contributed by atoms with van der Waals surface area (Å²) in [5.74, 6) is 1.31. The molecule has 3 aromatic rings. The summed E-state index contributed by atoms with van der Waals surface area (Å²) in [5, 5.41) is 7.99. The molecule has 6 nitrogen and oxygen atoms in total. The first-order chi connectivity index (χ1) is 12.8. The van der Waals surface area contributed by atoms with Crippen molar-refractivity contribution in [3.05, 3.63) is 71.9 Å². The van der Waals surface area contributed by atoms with Gasteiger partial charge in [-0.05, 0) is 17.5 Å². The first-order valence-corrected chi connectivity index (χ1v) is 9.11. The molecule has 1 aliphatic heterocycles. The molecule has 26 heavy (non-hydrogen) atoms. The molecule has 3 heterocycles. The number of rotatable bonds is 6. The van der Waals surface area contributed by atoms with Crippen LogP contribution in [0.3, 0.4) is 0 Å².